The van der Waals surface area contributed by atoms with Gasteiger partial charge in [-0.25, -0.2) is 9.18 Å². The predicted octanol–water partition coefficient (Wildman–Crippen LogP) is 2.29. The van der Waals surface area contributed by atoms with E-state index in [0.717, 1.165) is 6.42 Å². The lowest BCUT2D eigenvalue weighted by Crippen LogP contribution is -2.02. The Balaban J connectivity index is 3.95. The quantitative estimate of drug-likeness (QED) is 0.553. The van der Waals surface area contributed by atoms with Crippen molar-refractivity contribution >= 4 is 5.94 Å². The maximum Gasteiger partial charge on any atom is 0.131 e. The molecule has 0 aromatic heterocycles. The Labute approximate surface area is 60.9 Å². The Morgan fingerprint density at radius 1 is 1.60 bits per heavy atom. The van der Waals surface area contributed by atoms with E-state index < -0.39 is 6.17 Å². The third kappa shape index (κ3) is 2.79. The summed E-state index contributed by atoms with van der Waals surface area (Å²) in [6, 6.07) is 0. The van der Waals surface area contributed by atoms with Gasteiger partial charge < -0.3 is 0 Å². The highest BCUT2D eigenvalue weighted by Crippen LogP contribution is 2.12. The summed E-state index contributed by atoms with van der Waals surface area (Å²) in [7, 11) is 0. The Kier molecular flexibility index (Phi) is 4.87. The minimum absolute atomic E-state index is 0.282. The van der Waals surface area contributed by atoms with E-state index >= 15 is 0 Å². The predicted molar refractivity (Wildman–Crippen MR) is 39.3 cm³/mol. The zero-order valence-electron chi connectivity index (χ0n) is 6.48. The number of allylic oxidation sites excluding steroid dienone is 1. The van der Waals surface area contributed by atoms with Gasteiger partial charge in [0.1, 0.15) is 12.1 Å². The highest BCUT2D eigenvalue weighted by atomic mass is 19.1. The molecule has 0 N–H and O–H groups in total. The van der Waals surface area contributed by atoms with Gasteiger partial charge in [0.05, 0.1) is 0 Å². The van der Waals surface area contributed by atoms with E-state index in [1.807, 2.05) is 6.92 Å². The molecule has 0 unspecified atom stereocenters. The van der Waals surface area contributed by atoms with Crippen LogP contribution in [0.5, 0.6) is 0 Å². The first kappa shape index (κ1) is 9.38. The fraction of sp³-hybridized carbons (Fsp3) is 0.750. The van der Waals surface area contributed by atoms with E-state index in [0.29, 0.717) is 12.8 Å². The van der Waals surface area contributed by atoms with Crippen molar-refractivity contribution in [1.29, 1.82) is 0 Å². The minimum atomic E-state index is -1.07. The molecule has 0 bridgehead atoms. The smallest absolute Gasteiger partial charge is 0.131 e. The van der Waals surface area contributed by atoms with Crippen LogP contribution in [-0.4, -0.2) is 12.1 Å². The summed E-state index contributed by atoms with van der Waals surface area (Å²) in [6.45, 7) is 3.64. The normalized spacial score (nSPS) is 12.3. The molecule has 0 amide bonds. The summed E-state index contributed by atoms with van der Waals surface area (Å²) in [5.74, 6) is 1.65. The largest absolute Gasteiger partial charge is 0.242 e. The second kappa shape index (κ2) is 5.19. The molecule has 0 aromatic carbocycles. The van der Waals surface area contributed by atoms with Gasteiger partial charge in [0.25, 0.3) is 0 Å². The van der Waals surface area contributed by atoms with Crippen molar-refractivity contribution in [2.75, 3.05) is 0 Å². The highest BCUT2D eigenvalue weighted by Gasteiger charge is 2.09. The molecule has 58 valence electrons. The Morgan fingerprint density at radius 3 is 2.50 bits per heavy atom. The molecular formula is C8H13FO. The summed E-state index contributed by atoms with van der Waals surface area (Å²) in [5, 5.41) is 0. The number of hydrogen-bond donors (Lipinski definition) is 0. The molecule has 0 aromatic rings. The van der Waals surface area contributed by atoms with Crippen molar-refractivity contribution in [1.82, 2.24) is 0 Å². The van der Waals surface area contributed by atoms with Crippen LogP contribution in [0.4, 0.5) is 4.39 Å². The fourth-order valence-electron chi connectivity index (χ4n) is 0.787. The summed E-state index contributed by atoms with van der Waals surface area (Å²) in [4.78, 5) is 10.1. The minimum Gasteiger partial charge on any atom is -0.242 e. The van der Waals surface area contributed by atoms with Gasteiger partial charge in [0, 0.05) is 5.57 Å². The van der Waals surface area contributed by atoms with Gasteiger partial charge in [0.2, 0.25) is 0 Å². The second-order valence-electron chi connectivity index (χ2n) is 2.25. The molecule has 0 spiro atoms. The number of halogens is 1. The number of hydrogen-bond acceptors (Lipinski definition) is 1. The zero-order valence-corrected chi connectivity index (χ0v) is 6.48. The lowest BCUT2D eigenvalue weighted by molar-refractivity contribution is 0.364. The van der Waals surface area contributed by atoms with Crippen molar-refractivity contribution in [3.05, 3.63) is 5.57 Å². The van der Waals surface area contributed by atoms with E-state index in [1.165, 1.54) is 0 Å². The number of carbonyl (C=O) groups excluding carboxylic acids is 1. The van der Waals surface area contributed by atoms with Crippen molar-refractivity contribution in [3.8, 4) is 0 Å². The van der Waals surface area contributed by atoms with Gasteiger partial charge in [0.15, 0.2) is 0 Å². The van der Waals surface area contributed by atoms with E-state index in [4.69, 9.17) is 0 Å². The van der Waals surface area contributed by atoms with Crippen LogP contribution in [0.25, 0.3) is 0 Å². The Bertz CT molecular complexity index is 136. The molecule has 0 heterocycles. The standard InChI is InChI=1S/C8H13FO/c1-3-5-7(6-10)8(9)4-2/h8H,3-5H2,1-2H3/t8-/m0/s1. The SMILES string of the molecule is CCCC(=C=O)[C@@H](F)CC. The van der Waals surface area contributed by atoms with Gasteiger partial charge in [-0.2, -0.15) is 0 Å². The summed E-state index contributed by atoms with van der Waals surface area (Å²) < 4.78 is 12.7. The van der Waals surface area contributed by atoms with Crippen LogP contribution in [-0.2, 0) is 4.79 Å². The molecular weight excluding hydrogens is 131 g/mol. The lowest BCUT2D eigenvalue weighted by atomic mass is 10.1. The summed E-state index contributed by atoms with van der Waals surface area (Å²) in [6.07, 6.45) is 0.658. The molecule has 0 radical (unpaired) electrons. The number of rotatable bonds is 4. The second-order valence-corrected chi connectivity index (χ2v) is 2.25. The van der Waals surface area contributed by atoms with Crippen LogP contribution in [0.2, 0.25) is 0 Å². The first-order valence-corrected chi connectivity index (χ1v) is 3.64. The van der Waals surface area contributed by atoms with E-state index in [-0.39, 0.29) is 5.57 Å². The molecule has 10 heavy (non-hydrogen) atoms. The van der Waals surface area contributed by atoms with Gasteiger partial charge in [-0.05, 0) is 12.8 Å². The monoisotopic (exact) mass is 144 g/mol. The molecule has 1 nitrogen and oxygen atoms in total. The van der Waals surface area contributed by atoms with Crippen LogP contribution >= 0.6 is 0 Å². The van der Waals surface area contributed by atoms with Gasteiger partial charge in [-0.15, -0.1) is 0 Å². The highest BCUT2D eigenvalue weighted by molar-refractivity contribution is 5.53. The molecule has 0 saturated heterocycles. The molecule has 2 heteroatoms. The first-order valence-electron chi connectivity index (χ1n) is 3.64. The number of alkyl halides is 1. The Hall–Kier alpha value is -0.620. The van der Waals surface area contributed by atoms with Crippen LogP contribution in [0, 0.1) is 0 Å². The lowest BCUT2D eigenvalue weighted by Gasteiger charge is -2.03. The van der Waals surface area contributed by atoms with E-state index in [9.17, 15) is 9.18 Å². The average Bonchev–Trinajstić information content (AvgIpc) is 1.99. The topological polar surface area (TPSA) is 17.1 Å². The van der Waals surface area contributed by atoms with E-state index in [1.54, 1.807) is 12.9 Å². The maximum atomic E-state index is 12.7. The summed E-state index contributed by atoms with van der Waals surface area (Å²) in [5.41, 5.74) is 0.282. The molecule has 0 aliphatic rings. The van der Waals surface area contributed by atoms with Crippen molar-refractivity contribution in [2.24, 2.45) is 0 Å². The van der Waals surface area contributed by atoms with E-state index in [2.05, 4.69) is 0 Å². The van der Waals surface area contributed by atoms with Crippen molar-refractivity contribution < 1.29 is 9.18 Å². The average molecular weight is 144 g/mol. The summed E-state index contributed by atoms with van der Waals surface area (Å²) >= 11 is 0. The van der Waals surface area contributed by atoms with Gasteiger partial charge in [-0.1, -0.05) is 20.3 Å². The molecule has 0 saturated carbocycles. The van der Waals surface area contributed by atoms with Gasteiger partial charge in [-0.3, -0.25) is 0 Å². The molecule has 0 fully saturated rings. The third-order valence-corrected chi connectivity index (χ3v) is 1.39. The molecule has 1 atom stereocenters. The molecule has 0 rings (SSSR count). The van der Waals surface area contributed by atoms with Gasteiger partial charge >= 0.3 is 0 Å². The molecule has 0 aliphatic heterocycles. The Morgan fingerprint density at radius 2 is 2.20 bits per heavy atom. The van der Waals surface area contributed by atoms with Crippen LogP contribution in [0.15, 0.2) is 5.57 Å². The first-order chi connectivity index (χ1) is 4.76. The van der Waals surface area contributed by atoms with Crippen LogP contribution < -0.4 is 0 Å². The zero-order chi connectivity index (χ0) is 7.98. The van der Waals surface area contributed by atoms with Crippen molar-refractivity contribution in [2.45, 2.75) is 39.3 Å². The maximum absolute atomic E-state index is 12.7. The van der Waals surface area contributed by atoms with Crippen LogP contribution in [0.3, 0.4) is 0 Å². The molecule has 0 aliphatic carbocycles. The fourth-order valence-corrected chi connectivity index (χ4v) is 0.787. The third-order valence-electron chi connectivity index (χ3n) is 1.39. The van der Waals surface area contributed by atoms with Crippen LogP contribution in [0.1, 0.15) is 33.1 Å². The van der Waals surface area contributed by atoms with Crippen molar-refractivity contribution in [3.63, 3.8) is 0 Å².